The van der Waals surface area contributed by atoms with Crippen LogP contribution in [0.1, 0.15) is 39.0 Å². The molecule has 0 aromatic carbocycles. The highest BCUT2D eigenvalue weighted by molar-refractivity contribution is 6.61. The second-order valence-corrected chi connectivity index (χ2v) is 3.66. The molecule has 2 nitrogen and oxygen atoms in total. The quantitative estimate of drug-likeness (QED) is 0.625. The van der Waals surface area contributed by atoms with Crippen molar-refractivity contribution in [3.05, 3.63) is 0 Å². The summed E-state index contributed by atoms with van der Waals surface area (Å²) in [7, 11) is 0. The number of halogens is 1. The first-order valence-corrected chi connectivity index (χ1v) is 4.98. The van der Waals surface area contributed by atoms with Crippen molar-refractivity contribution >= 4 is 17.0 Å². The number of hydrogen-bond acceptors (Lipinski definition) is 2. The van der Waals surface area contributed by atoms with Crippen molar-refractivity contribution in [2.75, 3.05) is 0 Å². The topological polar surface area (TPSA) is 26.3 Å². The fraction of sp³-hybridized carbons (Fsp3) is 0.889. The molecular weight excluding hydrogens is 176 g/mol. The first-order valence-electron chi connectivity index (χ1n) is 4.60. The fourth-order valence-electron chi connectivity index (χ4n) is 1.91. The van der Waals surface area contributed by atoms with Gasteiger partial charge in [-0.3, -0.25) is 0 Å². The van der Waals surface area contributed by atoms with Gasteiger partial charge in [0.15, 0.2) is 0 Å². The first kappa shape index (κ1) is 9.85. The summed E-state index contributed by atoms with van der Waals surface area (Å²) in [5.41, 5.74) is -0.652. The lowest BCUT2D eigenvalue weighted by Gasteiger charge is -2.29. The van der Waals surface area contributed by atoms with E-state index in [1.54, 1.807) is 0 Å². The van der Waals surface area contributed by atoms with Crippen molar-refractivity contribution in [2.24, 2.45) is 5.92 Å². The number of hydrogen-bond donors (Lipinski definition) is 0. The lowest BCUT2D eigenvalue weighted by molar-refractivity contribution is 0.0512. The van der Waals surface area contributed by atoms with Gasteiger partial charge in [0.05, 0.1) is 0 Å². The van der Waals surface area contributed by atoms with Gasteiger partial charge in [-0.05, 0) is 31.6 Å². The molecule has 0 aliphatic heterocycles. The third kappa shape index (κ3) is 2.67. The van der Waals surface area contributed by atoms with Crippen molar-refractivity contribution in [3.63, 3.8) is 0 Å². The molecule has 1 rings (SSSR count). The summed E-state index contributed by atoms with van der Waals surface area (Å²) in [4.78, 5) is 10.5. The Bertz CT molecular complexity index is 159. The first-order chi connectivity index (χ1) is 5.74. The second-order valence-electron chi connectivity index (χ2n) is 3.35. The van der Waals surface area contributed by atoms with Crippen LogP contribution in [0.2, 0.25) is 0 Å². The van der Waals surface area contributed by atoms with Gasteiger partial charge >= 0.3 is 5.43 Å². The van der Waals surface area contributed by atoms with Gasteiger partial charge in [0.1, 0.15) is 6.10 Å². The van der Waals surface area contributed by atoms with Crippen LogP contribution in [-0.4, -0.2) is 11.5 Å². The highest BCUT2D eigenvalue weighted by Crippen LogP contribution is 2.29. The lowest BCUT2D eigenvalue weighted by Crippen LogP contribution is -2.27. The van der Waals surface area contributed by atoms with Crippen LogP contribution >= 0.6 is 11.6 Å². The van der Waals surface area contributed by atoms with Crippen molar-refractivity contribution in [1.29, 1.82) is 0 Å². The standard InChI is InChI=1S/C9H15ClO2/c1-2-7-5-3-4-6-8(7)12-9(10)11/h7-8H,2-6H2,1H3. The van der Waals surface area contributed by atoms with E-state index in [0.29, 0.717) is 5.92 Å². The Kier molecular flexibility index (Phi) is 3.86. The van der Waals surface area contributed by atoms with Gasteiger partial charge in [-0.2, -0.15) is 0 Å². The molecule has 0 spiro atoms. The largest absolute Gasteiger partial charge is 0.450 e. The van der Waals surface area contributed by atoms with Crippen molar-refractivity contribution in [1.82, 2.24) is 0 Å². The van der Waals surface area contributed by atoms with Crippen LogP contribution < -0.4 is 0 Å². The molecule has 0 N–H and O–H groups in total. The third-order valence-electron chi connectivity index (χ3n) is 2.61. The predicted octanol–water partition coefficient (Wildman–Crippen LogP) is 3.33. The van der Waals surface area contributed by atoms with Crippen LogP contribution in [0.15, 0.2) is 0 Å². The SMILES string of the molecule is CCC1CCCCC1OC(=O)Cl. The van der Waals surface area contributed by atoms with Gasteiger partial charge in [0.2, 0.25) is 0 Å². The van der Waals surface area contributed by atoms with E-state index < -0.39 is 5.43 Å². The van der Waals surface area contributed by atoms with Gasteiger partial charge in [0, 0.05) is 11.6 Å². The van der Waals surface area contributed by atoms with E-state index in [0.717, 1.165) is 19.3 Å². The normalized spacial score (nSPS) is 29.8. The van der Waals surface area contributed by atoms with Gasteiger partial charge in [-0.15, -0.1) is 0 Å². The van der Waals surface area contributed by atoms with Crippen LogP contribution in [0.5, 0.6) is 0 Å². The molecule has 1 aliphatic rings. The maximum atomic E-state index is 10.5. The van der Waals surface area contributed by atoms with Crippen LogP contribution in [0.3, 0.4) is 0 Å². The summed E-state index contributed by atoms with van der Waals surface area (Å²) < 4.78 is 5.02. The van der Waals surface area contributed by atoms with E-state index in [1.165, 1.54) is 12.8 Å². The minimum atomic E-state index is -0.652. The van der Waals surface area contributed by atoms with Gasteiger partial charge < -0.3 is 4.74 Å². The maximum Gasteiger partial charge on any atom is 0.404 e. The summed E-state index contributed by atoms with van der Waals surface area (Å²) in [6, 6.07) is 0. The summed E-state index contributed by atoms with van der Waals surface area (Å²) in [6.07, 6.45) is 5.73. The van der Waals surface area contributed by atoms with Crippen LogP contribution in [0.4, 0.5) is 4.79 Å². The Labute approximate surface area is 78.2 Å². The highest BCUT2D eigenvalue weighted by atomic mass is 35.5. The molecular formula is C9H15ClO2. The Morgan fingerprint density at radius 3 is 2.75 bits per heavy atom. The second kappa shape index (κ2) is 4.70. The smallest absolute Gasteiger partial charge is 0.404 e. The number of rotatable bonds is 2. The Morgan fingerprint density at radius 2 is 2.17 bits per heavy atom. The molecule has 0 amide bonds. The van der Waals surface area contributed by atoms with E-state index in [2.05, 4.69) is 6.92 Å². The number of ether oxygens (including phenoxy) is 1. The van der Waals surface area contributed by atoms with Crippen molar-refractivity contribution in [3.8, 4) is 0 Å². The maximum absolute atomic E-state index is 10.5. The molecule has 70 valence electrons. The van der Waals surface area contributed by atoms with Crippen LogP contribution in [0.25, 0.3) is 0 Å². The van der Waals surface area contributed by atoms with Crippen LogP contribution in [-0.2, 0) is 4.74 Å². The van der Waals surface area contributed by atoms with Gasteiger partial charge in [-0.1, -0.05) is 13.3 Å². The van der Waals surface area contributed by atoms with E-state index >= 15 is 0 Å². The Balaban J connectivity index is 2.41. The lowest BCUT2D eigenvalue weighted by atomic mass is 9.85. The molecule has 0 aromatic heterocycles. The minimum absolute atomic E-state index is 0.0775. The Morgan fingerprint density at radius 1 is 1.50 bits per heavy atom. The third-order valence-corrected chi connectivity index (χ3v) is 2.70. The number of carbonyl (C=O) groups excluding carboxylic acids is 1. The van der Waals surface area contributed by atoms with Gasteiger partial charge in [0.25, 0.3) is 0 Å². The average Bonchev–Trinajstić information content (AvgIpc) is 2.04. The molecule has 1 aliphatic carbocycles. The summed E-state index contributed by atoms with van der Waals surface area (Å²) >= 11 is 5.17. The van der Waals surface area contributed by atoms with Gasteiger partial charge in [-0.25, -0.2) is 4.79 Å². The fourth-order valence-corrected chi connectivity index (χ4v) is 2.03. The molecule has 0 aromatic rings. The highest BCUT2D eigenvalue weighted by Gasteiger charge is 2.26. The molecule has 3 heteroatoms. The molecule has 2 unspecified atom stereocenters. The predicted molar refractivity (Wildman–Crippen MR) is 48.4 cm³/mol. The number of carbonyl (C=O) groups is 1. The zero-order valence-corrected chi connectivity index (χ0v) is 8.14. The molecule has 0 heterocycles. The minimum Gasteiger partial charge on any atom is -0.450 e. The average molecular weight is 191 g/mol. The van der Waals surface area contributed by atoms with Crippen molar-refractivity contribution in [2.45, 2.75) is 45.1 Å². The molecule has 1 fully saturated rings. The van der Waals surface area contributed by atoms with Crippen LogP contribution in [0, 0.1) is 5.92 Å². The van der Waals surface area contributed by atoms with Crippen molar-refractivity contribution < 1.29 is 9.53 Å². The van der Waals surface area contributed by atoms with E-state index in [4.69, 9.17) is 16.3 Å². The molecule has 12 heavy (non-hydrogen) atoms. The molecule has 0 bridgehead atoms. The molecule has 0 saturated heterocycles. The molecule has 2 atom stereocenters. The summed E-state index contributed by atoms with van der Waals surface area (Å²) in [5, 5.41) is 0. The zero-order chi connectivity index (χ0) is 8.97. The Hall–Kier alpha value is -0.240. The summed E-state index contributed by atoms with van der Waals surface area (Å²) in [6.45, 7) is 2.13. The van der Waals surface area contributed by atoms with E-state index in [1.807, 2.05) is 0 Å². The molecule has 1 saturated carbocycles. The monoisotopic (exact) mass is 190 g/mol. The summed E-state index contributed by atoms with van der Waals surface area (Å²) in [5.74, 6) is 0.529. The molecule has 0 radical (unpaired) electrons. The van der Waals surface area contributed by atoms with E-state index in [9.17, 15) is 4.79 Å². The zero-order valence-electron chi connectivity index (χ0n) is 7.38. The van der Waals surface area contributed by atoms with E-state index in [-0.39, 0.29) is 6.10 Å².